The standard InChI is InChI=1S/C21H29N5O2S/c1-16-7-4-5-8-17(16)19(27)23-21-22-18(15-29-21)20(28)26-13-11-25(12-14-26)10-6-9-24(2)3/h4-5,7-8,15H,6,9-14H2,1-3H3,(H,22,23,27). The first-order valence-corrected chi connectivity index (χ1v) is 10.8. The quantitative estimate of drug-likeness (QED) is 0.752. The van der Waals surface area contributed by atoms with Crippen LogP contribution in [0.4, 0.5) is 5.13 Å². The zero-order valence-corrected chi connectivity index (χ0v) is 18.2. The maximum atomic E-state index is 12.8. The highest BCUT2D eigenvalue weighted by molar-refractivity contribution is 7.14. The number of carbonyl (C=O) groups is 2. The van der Waals surface area contributed by atoms with Gasteiger partial charge in [0.2, 0.25) is 0 Å². The third-order valence-electron chi connectivity index (χ3n) is 5.07. The predicted octanol–water partition coefficient (Wildman–Crippen LogP) is 2.41. The van der Waals surface area contributed by atoms with Gasteiger partial charge in [-0.05, 0) is 52.2 Å². The molecule has 29 heavy (non-hydrogen) atoms. The van der Waals surface area contributed by atoms with E-state index in [1.54, 1.807) is 11.4 Å². The number of hydrogen-bond acceptors (Lipinski definition) is 6. The summed E-state index contributed by atoms with van der Waals surface area (Å²) in [5.74, 6) is -0.270. The molecule has 1 aliphatic heterocycles. The molecule has 7 nitrogen and oxygen atoms in total. The second-order valence-corrected chi connectivity index (χ2v) is 8.46. The molecule has 0 aliphatic carbocycles. The van der Waals surface area contributed by atoms with E-state index >= 15 is 0 Å². The first-order valence-electron chi connectivity index (χ1n) is 9.93. The van der Waals surface area contributed by atoms with Crippen LogP contribution in [0, 0.1) is 6.92 Å². The molecule has 1 aromatic carbocycles. The summed E-state index contributed by atoms with van der Waals surface area (Å²) in [4.78, 5) is 36.0. The van der Waals surface area contributed by atoms with Gasteiger partial charge in [0.1, 0.15) is 5.69 Å². The summed E-state index contributed by atoms with van der Waals surface area (Å²) in [6, 6.07) is 7.40. The number of aryl methyl sites for hydroxylation is 1. The number of carbonyl (C=O) groups excluding carboxylic acids is 2. The first-order chi connectivity index (χ1) is 13.9. The monoisotopic (exact) mass is 415 g/mol. The number of piperazine rings is 1. The average molecular weight is 416 g/mol. The van der Waals surface area contributed by atoms with Gasteiger partial charge in [-0.3, -0.25) is 19.8 Å². The summed E-state index contributed by atoms with van der Waals surface area (Å²) >= 11 is 1.28. The molecule has 1 fully saturated rings. The number of benzene rings is 1. The number of amides is 2. The van der Waals surface area contributed by atoms with Crippen LogP contribution in [0.2, 0.25) is 0 Å². The lowest BCUT2D eigenvalue weighted by Gasteiger charge is -2.34. The molecule has 1 N–H and O–H groups in total. The minimum atomic E-state index is -0.206. The molecule has 0 atom stereocenters. The SMILES string of the molecule is Cc1ccccc1C(=O)Nc1nc(C(=O)N2CCN(CCCN(C)C)CC2)cs1. The van der Waals surface area contributed by atoms with Gasteiger partial charge in [-0.1, -0.05) is 18.2 Å². The highest BCUT2D eigenvalue weighted by Gasteiger charge is 2.24. The van der Waals surface area contributed by atoms with Gasteiger partial charge < -0.3 is 9.80 Å². The molecule has 0 saturated carbocycles. The molecule has 1 aromatic heterocycles. The zero-order valence-electron chi connectivity index (χ0n) is 17.4. The smallest absolute Gasteiger partial charge is 0.273 e. The Labute approximate surface area is 176 Å². The van der Waals surface area contributed by atoms with Crippen LogP contribution >= 0.6 is 11.3 Å². The van der Waals surface area contributed by atoms with E-state index in [2.05, 4.69) is 34.2 Å². The topological polar surface area (TPSA) is 68.8 Å². The van der Waals surface area contributed by atoms with Gasteiger partial charge in [-0.2, -0.15) is 0 Å². The molecule has 1 aliphatic rings. The van der Waals surface area contributed by atoms with Crippen LogP contribution in [0.25, 0.3) is 0 Å². The third-order valence-corrected chi connectivity index (χ3v) is 5.83. The lowest BCUT2D eigenvalue weighted by Crippen LogP contribution is -2.49. The lowest BCUT2D eigenvalue weighted by atomic mass is 10.1. The van der Waals surface area contributed by atoms with Crippen molar-refractivity contribution >= 4 is 28.3 Å². The molecule has 1 saturated heterocycles. The van der Waals surface area contributed by atoms with Gasteiger partial charge in [0.05, 0.1) is 0 Å². The van der Waals surface area contributed by atoms with Crippen LogP contribution in [0.5, 0.6) is 0 Å². The normalized spacial score (nSPS) is 15.0. The van der Waals surface area contributed by atoms with Crippen LogP contribution in [0.15, 0.2) is 29.6 Å². The van der Waals surface area contributed by atoms with Crippen molar-refractivity contribution in [1.82, 2.24) is 19.7 Å². The van der Waals surface area contributed by atoms with Gasteiger partial charge in [-0.25, -0.2) is 4.98 Å². The van der Waals surface area contributed by atoms with E-state index in [1.807, 2.05) is 30.0 Å². The average Bonchev–Trinajstić information content (AvgIpc) is 3.16. The molecule has 2 amide bonds. The summed E-state index contributed by atoms with van der Waals surface area (Å²) in [5, 5.41) is 4.97. The maximum absolute atomic E-state index is 12.8. The fourth-order valence-electron chi connectivity index (χ4n) is 3.37. The third kappa shape index (κ3) is 5.85. The van der Waals surface area contributed by atoms with Crippen molar-refractivity contribution in [2.24, 2.45) is 0 Å². The Kier molecular flexibility index (Phi) is 7.35. The summed E-state index contributed by atoms with van der Waals surface area (Å²) in [6.07, 6.45) is 1.14. The molecule has 156 valence electrons. The Hall–Kier alpha value is -2.29. The van der Waals surface area contributed by atoms with Crippen molar-refractivity contribution in [3.63, 3.8) is 0 Å². The van der Waals surface area contributed by atoms with E-state index in [4.69, 9.17) is 0 Å². The van der Waals surface area contributed by atoms with Crippen molar-refractivity contribution in [1.29, 1.82) is 0 Å². The van der Waals surface area contributed by atoms with Gasteiger partial charge in [0.25, 0.3) is 11.8 Å². The van der Waals surface area contributed by atoms with Crippen LogP contribution < -0.4 is 5.32 Å². The molecule has 0 bridgehead atoms. The van der Waals surface area contributed by atoms with Crippen LogP contribution in [-0.4, -0.2) is 84.9 Å². The summed E-state index contributed by atoms with van der Waals surface area (Å²) < 4.78 is 0. The predicted molar refractivity (Wildman–Crippen MR) is 117 cm³/mol. The molecule has 2 heterocycles. The molecule has 2 aromatic rings. The van der Waals surface area contributed by atoms with Crippen LogP contribution in [0.1, 0.15) is 32.8 Å². The van der Waals surface area contributed by atoms with E-state index in [1.165, 1.54) is 11.3 Å². The van der Waals surface area contributed by atoms with Crippen molar-refractivity contribution < 1.29 is 9.59 Å². The Morgan fingerprint density at radius 2 is 1.90 bits per heavy atom. The summed E-state index contributed by atoms with van der Waals surface area (Å²) in [6.45, 7) is 7.24. The highest BCUT2D eigenvalue weighted by atomic mass is 32.1. The van der Waals surface area contributed by atoms with Gasteiger partial charge in [0.15, 0.2) is 5.13 Å². The first kappa shape index (κ1) is 21.4. The van der Waals surface area contributed by atoms with E-state index in [0.717, 1.165) is 38.2 Å². The van der Waals surface area contributed by atoms with Crippen molar-refractivity contribution in [3.05, 3.63) is 46.5 Å². The molecule has 8 heteroatoms. The number of nitrogens with zero attached hydrogens (tertiary/aromatic N) is 4. The van der Waals surface area contributed by atoms with Crippen LogP contribution in [0.3, 0.4) is 0 Å². The fraction of sp³-hybridized carbons (Fsp3) is 0.476. The Bertz CT molecular complexity index is 843. The second-order valence-electron chi connectivity index (χ2n) is 7.60. The van der Waals surface area contributed by atoms with Crippen molar-refractivity contribution in [2.75, 3.05) is 58.7 Å². The Morgan fingerprint density at radius 3 is 2.59 bits per heavy atom. The van der Waals surface area contributed by atoms with Crippen molar-refractivity contribution in [3.8, 4) is 0 Å². The minimum Gasteiger partial charge on any atom is -0.335 e. The van der Waals surface area contributed by atoms with E-state index in [-0.39, 0.29) is 11.8 Å². The largest absolute Gasteiger partial charge is 0.335 e. The minimum absolute atomic E-state index is 0.0643. The van der Waals surface area contributed by atoms with Gasteiger partial charge in [0, 0.05) is 37.1 Å². The van der Waals surface area contributed by atoms with Gasteiger partial charge in [-0.15, -0.1) is 11.3 Å². The molecular formula is C21H29N5O2S. The lowest BCUT2D eigenvalue weighted by molar-refractivity contribution is 0.0628. The molecule has 3 rings (SSSR count). The Balaban J connectivity index is 1.51. The van der Waals surface area contributed by atoms with Crippen molar-refractivity contribution in [2.45, 2.75) is 13.3 Å². The number of thiazole rings is 1. The van der Waals surface area contributed by atoms with Gasteiger partial charge >= 0.3 is 0 Å². The second kappa shape index (κ2) is 9.96. The number of rotatable bonds is 7. The van der Waals surface area contributed by atoms with Crippen LogP contribution in [-0.2, 0) is 0 Å². The summed E-state index contributed by atoms with van der Waals surface area (Å²) in [5.41, 5.74) is 1.92. The number of anilines is 1. The van der Waals surface area contributed by atoms with E-state index in [0.29, 0.717) is 29.5 Å². The maximum Gasteiger partial charge on any atom is 0.273 e. The number of aromatic nitrogens is 1. The molecule has 0 spiro atoms. The number of nitrogens with one attached hydrogen (secondary N) is 1. The zero-order chi connectivity index (χ0) is 20.8. The fourth-order valence-corrected chi connectivity index (χ4v) is 4.05. The summed E-state index contributed by atoms with van der Waals surface area (Å²) in [7, 11) is 4.17. The van der Waals surface area contributed by atoms with E-state index < -0.39 is 0 Å². The molecule has 0 unspecified atom stereocenters. The highest BCUT2D eigenvalue weighted by Crippen LogP contribution is 2.19. The number of hydrogen-bond donors (Lipinski definition) is 1. The molecular weight excluding hydrogens is 386 g/mol. The van der Waals surface area contributed by atoms with E-state index in [9.17, 15) is 9.59 Å². The molecule has 0 radical (unpaired) electrons. The Morgan fingerprint density at radius 1 is 1.17 bits per heavy atom.